The molecule has 0 unspecified atom stereocenters. The number of nitrogens with one attached hydrogen (secondary N) is 1. The molecule has 0 saturated heterocycles. The summed E-state index contributed by atoms with van der Waals surface area (Å²) in [5.41, 5.74) is 6.84. The third-order valence-corrected chi connectivity index (χ3v) is 6.65. The van der Waals surface area contributed by atoms with Crippen LogP contribution in [-0.4, -0.2) is 44.0 Å². The Morgan fingerprint density at radius 1 is 1.03 bits per heavy atom. The minimum Gasteiger partial charge on any atom is -0.342 e. The fraction of sp³-hybridized carbons (Fsp3) is 0.375. The minimum atomic E-state index is -0.305. The molecule has 7 heteroatoms. The number of fused-ring (bicyclic) bond motifs is 1. The highest BCUT2D eigenvalue weighted by Gasteiger charge is 2.39. The van der Waals surface area contributed by atoms with Crippen LogP contribution >= 0.6 is 11.8 Å². The fourth-order valence-corrected chi connectivity index (χ4v) is 5.06. The Balaban J connectivity index is 1.73. The summed E-state index contributed by atoms with van der Waals surface area (Å²) >= 11 is 1.50. The summed E-state index contributed by atoms with van der Waals surface area (Å²) in [6.45, 7) is 7.84. The van der Waals surface area contributed by atoms with E-state index in [1.54, 1.807) is 0 Å². The normalized spacial score (nSPS) is 17.6. The Kier molecular flexibility index (Phi) is 6.61. The van der Waals surface area contributed by atoms with Crippen LogP contribution in [-0.2, 0) is 4.79 Å². The van der Waals surface area contributed by atoms with E-state index in [0.29, 0.717) is 5.16 Å². The molecular formula is C24H29N5OS. The highest BCUT2D eigenvalue weighted by atomic mass is 32.2. The summed E-state index contributed by atoms with van der Waals surface area (Å²) in [5.74, 6) is 0.910. The zero-order chi connectivity index (χ0) is 21.8. The predicted molar refractivity (Wildman–Crippen MR) is 126 cm³/mol. The molecule has 4 rings (SSSR count). The van der Waals surface area contributed by atoms with Gasteiger partial charge in [0.05, 0.1) is 6.04 Å². The molecule has 2 aromatic carbocycles. The van der Waals surface area contributed by atoms with Crippen LogP contribution < -0.4 is 5.43 Å². The second kappa shape index (κ2) is 9.56. The molecule has 6 nitrogen and oxygen atoms in total. The Labute approximate surface area is 188 Å². The van der Waals surface area contributed by atoms with Gasteiger partial charge in [-0.15, -0.1) is 10.2 Å². The summed E-state index contributed by atoms with van der Waals surface area (Å²) in [4.78, 5) is 15.6. The van der Waals surface area contributed by atoms with Gasteiger partial charge in [-0.1, -0.05) is 85.8 Å². The van der Waals surface area contributed by atoms with Crippen molar-refractivity contribution in [3.63, 3.8) is 0 Å². The van der Waals surface area contributed by atoms with Crippen molar-refractivity contribution in [2.45, 2.75) is 50.1 Å². The topological polar surface area (TPSA) is 63.1 Å². The number of aromatic nitrogens is 3. The van der Waals surface area contributed by atoms with Crippen LogP contribution in [0.25, 0.3) is 11.4 Å². The van der Waals surface area contributed by atoms with Crippen molar-refractivity contribution in [2.24, 2.45) is 0 Å². The zero-order valence-electron chi connectivity index (χ0n) is 18.3. The molecule has 2 heterocycles. The van der Waals surface area contributed by atoms with Gasteiger partial charge in [0.15, 0.2) is 5.82 Å². The van der Waals surface area contributed by atoms with Gasteiger partial charge in [0.1, 0.15) is 5.25 Å². The molecule has 0 aliphatic carbocycles. The first-order valence-corrected chi connectivity index (χ1v) is 11.8. The minimum absolute atomic E-state index is 0.155. The van der Waals surface area contributed by atoms with E-state index in [4.69, 9.17) is 0 Å². The second-order valence-electron chi connectivity index (χ2n) is 7.89. The van der Waals surface area contributed by atoms with Crippen LogP contribution in [0.15, 0.2) is 59.8 Å². The van der Waals surface area contributed by atoms with Crippen molar-refractivity contribution < 1.29 is 4.79 Å². The Morgan fingerprint density at radius 3 is 2.35 bits per heavy atom. The molecular weight excluding hydrogens is 406 g/mol. The van der Waals surface area contributed by atoms with Crippen LogP contribution in [0.1, 0.15) is 43.9 Å². The van der Waals surface area contributed by atoms with E-state index in [9.17, 15) is 4.79 Å². The quantitative estimate of drug-likeness (QED) is 0.585. The van der Waals surface area contributed by atoms with E-state index in [-0.39, 0.29) is 17.2 Å². The van der Waals surface area contributed by atoms with Crippen molar-refractivity contribution in [2.75, 3.05) is 18.5 Å². The molecule has 162 valence electrons. The fourth-order valence-electron chi connectivity index (χ4n) is 3.89. The second-order valence-corrected chi connectivity index (χ2v) is 9.00. The number of thioether (sulfide) groups is 1. The monoisotopic (exact) mass is 435 g/mol. The van der Waals surface area contributed by atoms with E-state index >= 15 is 0 Å². The van der Waals surface area contributed by atoms with Gasteiger partial charge in [0.25, 0.3) is 0 Å². The maximum atomic E-state index is 13.6. The van der Waals surface area contributed by atoms with Gasteiger partial charge in [0.2, 0.25) is 11.1 Å². The van der Waals surface area contributed by atoms with Crippen molar-refractivity contribution >= 4 is 17.7 Å². The van der Waals surface area contributed by atoms with Crippen molar-refractivity contribution in [1.29, 1.82) is 0 Å². The Morgan fingerprint density at radius 2 is 1.71 bits per heavy atom. The molecule has 1 aliphatic heterocycles. The number of aryl methyl sites for hydroxylation is 1. The lowest BCUT2D eigenvalue weighted by Crippen LogP contribution is -2.46. The van der Waals surface area contributed by atoms with Crippen LogP contribution in [0.2, 0.25) is 0 Å². The van der Waals surface area contributed by atoms with Crippen molar-refractivity contribution in [3.8, 4) is 11.4 Å². The first-order valence-electron chi connectivity index (χ1n) is 10.9. The molecule has 0 spiro atoms. The van der Waals surface area contributed by atoms with Crippen molar-refractivity contribution in [3.05, 3.63) is 65.7 Å². The van der Waals surface area contributed by atoms with E-state index in [2.05, 4.69) is 60.7 Å². The molecule has 0 saturated carbocycles. The van der Waals surface area contributed by atoms with Gasteiger partial charge in [-0.3, -0.25) is 4.79 Å². The molecule has 0 fully saturated rings. The smallest absolute Gasteiger partial charge is 0.238 e. The largest absolute Gasteiger partial charge is 0.342 e. The standard InChI is InChI=1S/C24H29N5OS/c1-4-15-28(16-5-2)23(30)21-20(18-13-11-17(3)12-14-18)27-29-22(25-26-24(29)31-21)19-9-7-6-8-10-19/h6-14,20-21,27H,4-5,15-16H2,1-3H3/t20-,21-/m0/s1. The van der Waals surface area contributed by atoms with Gasteiger partial charge >= 0.3 is 0 Å². The Hall–Kier alpha value is -2.80. The van der Waals surface area contributed by atoms with E-state index in [0.717, 1.165) is 42.9 Å². The summed E-state index contributed by atoms with van der Waals surface area (Å²) in [6.07, 6.45) is 1.89. The summed E-state index contributed by atoms with van der Waals surface area (Å²) in [7, 11) is 0. The summed E-state index contributed by atoms with van der Waals surface area (Å²) in [5, 5.41) is 9.24. The highest BCUT2D eigenvalue weighted by molar-refractivity contribution is 8.00. The Bertz CT molecular complexity index is 1010. The molecule has 1 aliphatic rings. The number of hydrogen-bond acceptors (Lipinski definition) is 5. The molecule has 3 aromatic rings. The van der Waals surface area contributed by atoms with E-state index in [1.165, 1.54) is 17.3 Å². The predicted octanol–water partition coefficient (Wildman–Crippen LogP) is 4.66. The molecule has 1 amide bonds. The van der Waals surface area contributed by atoms with Gasteiger partial charge in [0, 0.05) is 18.7 Å². The first kappa shape index (κ1) is 21.4. The number of benzene rings is 2. The number of rotatable bonds is 7. The number of carbonyl (C=O) groups excluding carboxylic acids is 1. The number of carbonyl (C=O) groups is 1. The average molecular weight is 436 g/mol. The van der Waals surface area contributed by atoms with Gasteiger partial charge in [-0.2, -0.15) is 0 Å². The lowest BCUT2D eigenvalue weighted by Gasteiger charge is -2.36. The molecule has 0 radical (unpaired) electrons. The number of hydrogen-bond donors (Lipinski definition) is 1. The van der Waals surface area contributed by atoms with E-state index < -0.39 is 0 Å². The average Bonchev–Trinajstić information content (AvgIpc) is 3.22. The van der Waals surface area contributed by atoms with Crippen LogP contribution in [0.3, 0.4) is 0 Å². The van der Waals surface area contributed by atoms with Gasteiger partial charge < -0.3 is 10.3 Å². The lowest BCUT2D eigenvalue weighted by atomic mass is 10.0. The third-order valence-electron chi connectivity index (χ3n) is 5.45. The van der Waals surface area contributed by atoms with Crippen LogP contribution in [0.4, 0.5) is 0 Å². The maximum absolute atomic E-state index is 13.6. The summed E-state index contributed by atoms with van der Waals surface area (Å²) < 4.78 is 1.93. The van der Waals surface area contributed by atoms with E-state index in [1.807, 2.05) is 39.9 Å². The molecule has 0 bridgehead atoms. The number of amides is 1. The lowest BCUT2D eigenvalue weighted by molar-refractivity contribution is -0.131. The highest BCUT2D eigenvalue weighted by Crippen LogP contribution is 2.39. The summed E-state index contributed by atoms with van der Waals surface area (Å²) in [6, 6.07) is 18.2. The first-order chi connectivity index (χ1) is 15.1. The van der Waals surface area contributed by atoms with Crippen LogP contribution in [0.5, 0.6) is 0 Å². The zero-order valence-corrected chi connectivity index (χ0v) is 19.1. The number of nitrogens with zero attached hydrogens (tertiary/aromatic N) is 4. The third kappa shape index (κ3) is 4.46. The molecule has 31 heavy (non-hydrogen) atoms. The maximum Gasteiger partial charge on any atom is 0.238 e. The molecule has 1 aromatic heterocycles. The molecule has 1 N–H and O–H groups in total. The van der Waals surface area contributed by atoms with Crippen molar-refractivity contribution in [1.82, 2.24) is 19.8 Å². The molecule has 2 atom stereocenters. The SMILES string of the molecule is CCCN(CCC)C(=O)[C@H]1Sc2nnc(-c3ccccc3)n2N[C@H]1c1ccc(C)cc1. The van der Waals surface area contributed by atoms with Gasteiger partial charge in [-0.25, -0.2) is 4.68 Å². The van der Waals surface area contributed by atoms with Crippen LogP contribution in [0, 0.1) is 6.92 Å². The van der Waals surface area contributed by atoms with Gasteiger partial charge in [-0.05, 0) is 25.3 Å².